The van der Waals surface area contributed by atoms with E-state index in [0.29, 0.717) is 18.1 Å². The molecule has 186 valence electrons. The molecular formula is C25H25F7O2. The second-order valence-electron chi connectivity index (χ2n) is 8.44. The molecule has 2 aromatic carbocycles. The van der Waals surface area contributed by atoms with Crippen molar-refractivity contribution in [3.05, 3.63) is 71.6 Å². The first kappa shape index (κ1) is 25.9. The first-order chi connectivity index (χ1) is 16.0. The summed E-state index contributed by atoms with van der Waals surface area (Å²) in [5.74, 6) is -2.19. The zero-order valence-electron chi connectivity index (χ0n) is 18.5. The third-order valence-corrected chi connectivity index (χ3v) is 5.93. The van der Waals surface area contributed by atoms with Crippen LogP contribution in [-0.4, -0.2) is 6.11 Å². The van der Waals surface area contributed by atoms with E-state index < -0.39 is 47.3 Å². The molecule has 0 spiro atoms. The second kappa shape index (κ2) is 10.7. The van der Waals surface area contributed by atoms with Crippen LogP contribution in [0.5, 0.6) is 11.5 Å². The largest absolute Gasteiger partial charge is 0.429 e. The molecule has 0 amide bonds. The standard InChI is InChI=1S/C25H25F7O2/c1-2-3-16-4-6-17(7-5-16)18-8-10-19(11-9-18)25(31,32)33-20-12-13-22(21(26)14-20)34-24(29,30)15-23(27)28/h8-17H,2-7H2,1H3. The van der Waals surface area contributed by atoms with E-state index in [2.05, 4.69) is 16.4 Å². The monoisotopic (exact) mass is 490 g/mol. The fraction of sp³-hybridized carbons (Fsp3) is 0.440. The van der Waals surface area contributed by atoms with E-state index in [9.17, 15) is 30.7 Å². The number of alkyl halides is 4. The van der Waals surface area contributed by atoms with Gasteiger partial charge in [-0.15, -0.1) is 0 Å². The van der Waals surface area contributed by atoms with E-state index in [0.717, 1.165) is 49.7 Å². The van der Waals surface area contributed by atoms with E-state index in [1.165, 1.54) is 18.6 Å². The highest BCUT2D eigenvalue weighted by molar-refractivity contribution is 5.35. The average molecular weight is 490 g/mol. The van der Waals surface area contributed by atoms with Crippen molar-refractivity contribution < 1.29 is 40.2 Å². The van der Waals surface area contributed by atoms with Gasteiger partial charge in [-0.2, -0.15) is 26.3 Å². The van der Waals surface area contributed by atoms with Crippen LogP contribution in [0.1, 0.15) is 62.5 Å². The van der Waals surface area contributed by atoms with Gasteiger partial charge in [0.15, 0.2) is 11.6 Å². The quantitative estimate of drug-likeness (QED) is 0.327. The molecule has 34 heavy (non-hydrogen) atoms. The summed E-state index contributed by atoms with van der Waals surface area (Å²) in [6, 6.07) is 7.55. The molecule has 2 aromatic rings. The first-order valence-electron chi connectivity index (χ1n) is 11.1. The van der Waals surface area contributed by atoms with Gasteiger partial charge in [-0.1, -0.05) is 31.9 Å². The number of hydrogen-bond donors (Lipinski definition) is 0. The number of benzene rings is 2. The fourth-order valence-electron chi connectivity index (χ4n) is 4.28. The molecule has 0 aliphatic heterocycles. The maximum Gasteiger partial charge on any atom is 0.426 e. The fourth-order valence-corrected chi connectivity index (χ4v) is 4.28. The minimum absolute atomic E-state index is 0.317. The number of hydrogen-bond acceptors (Lipinski definition) is 2. The van der Waals surface area contributed by atoms with Crippen molar-refractivity contribution in [2.24, 2.45) is 5.92 Å². The summed E-state index contributed by atoms with van der Waals surface area (Å²) < 4.78 is 102. The summed E-state index contributed by atoms with van der Waals surface area (Å²) in [5, 5.41) is 0. The molecule has 1 fully saturated rings. The van der Waals surface area contributed by atoms with Gasteiger partial charge in [0.05, 0.1) is 11.6 Å². The Morgan fingerprint density at radius 2 is 1.59 bits per heavy atom. The zero-order chi connectivity index (χ0) is 24.9. The maximum absolute atomic E-state index is 14.6. The molecule has 0 aromatic heterocycles. The Labute approximate surface area is 193 Å². The minimum Gasteiger partial charge on any atom is -0.429 e. The molecule has 0 radical (unpaired) electrons. The van der Waals surface area contributed by atoms with Crippen LogP contribution in [0.25, 0.3) is 0 Å². The van der Waals surface area contributed by atoms with Crippen LogP contribution >= 0.6 is 0 Å². The van der Waals surface area contributed by atoms with E-state index >= 15 is 0 Å². The highest BCUT2D eigenvalue weighted by Gasteiger charge is 2.36. The van der Waals surface area contributed by atoms with E-state index in [1.54, 1.807) is 12.1 Å². The lowest BCUT2D eigenvalue weighted by Gasteiger charge is -2.29. The van der Waals surface area contributed by atoms with Gasteiger partial charge in [-0.25, -0.2) is 4.39 Å². The smallest absolute Gasteiger partial charge is 0.426 e. The Morgan fingerprint density at radius 1 is 0.941 bits per heavy atom. The normalized spacial score (nSPS) is 18.9. The number of ether oxygens (including phenoxy) is 2. The summed E-state index contributed by atoms with van der Waals surface area (Å²) in [6.45, 7) is 2.16. The van der Waals surface area contributed by atoms with Gasteiger partial charge in [-0.05, 0) is 67.3 Å². The summed E-state index contributed by atoms with van der Waals surface area (Å²) in [6.07, 6.45) is -5.20. The van der Waals surface area contributed by atoms with Crippen molar-refractivity contribution >= 4 is 0 Å². The van der Waals surface area contributed by atoms with Crippen LogP contribution in [0, 0.1) is 11.7 Å². The summed E-state index contributed by atoms with van der Waals surface area (Å²) >= 11 is 0. The lowest BCUT2D eigenvalue weighted by Crippen LogP contribution is -2.23. The van der Waals surface area contributed by atoms with Crippen molar-refractivity contribution in [1.82, 2.24) is 0 Å². The molecule has 0 saturated heterocycles. The Balaban J connectivity index is 1.65. The Hall–Kier alpha value is -2.71. The molecule has 0 atom stereocenters. The van der Waals surface area contributed by atoms with Crippen LogP contribution in [0.3, 0.4) is 0 Å². The van der Waals surface area contributed by atoms with Crippen molar-refractivity contribution in [1.29, 1.82) is 0 Å². The van der Waals surface area contributed by atoms with Gasteiger partial charge < -0.3 is 9.47 Å². The average Bonchev–Trinajstić information content (AvgIpc) is 2.75. The van der Waals surface area contributed by atoms with E-state index in [4.69, 9.17) is 0 Å². The second-order valence-corrected chi connectivity index (χ2v) is 8.44. The molecule has 1 aliphatic rings. The highest BCUT2D eigenvalue weighted by atomic mass is 19.3. The Kier molecular flexibility index (Phi) is 8.15. The molecule has 0 unspecified atom stereocenters. The van der Waals surface area contributed by atoms with Crippen molar-refractivity contribution in [2.45, 2.75) is 63.6 Å². The number of rotatable bonds is 9. The van der Waals surface area contributed by atoms with E-state index in [1.807, 2.05) is 0 Å². The van der Waals surface area contributed by atoms with Crippen molar-refractivity contribution in [2.75, 3.05) is 0 Å². The first-order valence-corrected chi connectivity index (χ1v) is 11.1. The van der Waals surface area contributed by atoms with Gasteiger partial charge in [0.2, 0.25) is 0 Å². The topological polar surface area (TPSA) is 18.5 Å². The lowest BCUT2D eigenvalue weighted by molar-refractivity contribution is -0.185. The molecule has 3 rings (SSSR count). The number of halogens is 7. The summed E-state index contributed by atoms with van der Waals surface area (Å²) in [5.41, 5.74) is 0.522. The summed E-state index contributed by atoms with van der Waals surface area (Å²) in [7, 11) is 0. The maximum atomic E-state index is 14.6. The third kappa shape index (κ3) is 6.90. The predicted octanol–water partition coefficient (Wildman–Crippen LogP) is 8.78. The molecule has 0 N–H and O–H groups in total. The highest BCUT2D eigenvalue weighted by Crippen LogP contribution is 2.39. The predicted molar refractivity (Wildman–Crippen MR) is 113 cm³/mol. The Morgan fingerprint density at radius 3 is 2.15 bits per heavy atom. The van der Waals surface area contributed by atoms with Gasteiger partial charge in [0.1, 0.15) is 5.75 Å². The van der Waals surface area contributed by atoms with Crippen molar-refractivity contribution in [3.8, 4) is 11.5 Å². The molecule has 0 heterocycles. The molecular weight excluding hydrogens is 465 g/mol. The van der Waals surface area contributed by atoms with Crippen LogP contribution < -0.4 is 9.47 Å². The third-order valence-electron chi connectivity index (χ3n) is 5.93. The molecule has 1 aliphatic carbocycles. The SMILES string of the molecule is CCCC1CCC(c2ccc(C(F)(F)Oc3ccc(OC(F)(F)C=C(F)F)c(F)c3)cc2)CC1. The van der Waals surface area contributed by atoms with Crippen LogP contribution in [0.2, 0.25) is 0 Å². The van der Waals surface area contributed by atoms with Gasteiger partial charge in [-0.3, -0.25) is 0 Å². The molecule has 1 saturated carbocycles. The zero-order valence-corrected chi connectivity index (χ0v) is 18.5. The van der Waals surface area contributed by atoms with Gasteiger partial charge in [0, 0.05) is 6.07 Å². The van der Waals surface area contributed by atoms with Gasteiger partial charge in [0.25, 0.3) is 6.08 Å². The molecule has 9 heteroatoms. The van der Waals surface area contributed by atoms with Crippen molar-refractivity contribution in [3.63, 3.8) is 0 Å². The van der Waals surface area contributed by atoms with Gasteiger partial charge >= 0.3 is 12.2 Å². The van der Waals surface area contributed by atoms with Crippen LogP contribution in [0.15, 0.2) is 54.6 Å². The summed E-state index contributed by atoms with van der Waals surface area (Å²) in [4.78, 5) is 0. The minimum atomic E-state index is -4.48. The molecule has 0 bridgehead atoms. The van der Waals surface area contributed by atoms with Crippen LogP contribution in [-0.2, 0) is 6.11 Å². The van der Waals surface area contributed by atoms with Crippen LogP contribution in [0.4, 0.5) is 30.7 Å². The lowest BCUT2D eigenvalue weighted by atomic mass is 9.77. The van der Waals surface area contributed by atoms with E-state index in [-0.39, 0.29) is 0 Å². The molecule has 2 nitrogen and oxygen atoms in total. The Bertz CT molecular complexity index is 977.